The number of nitrogens with zero attached hydrogens (tertiary/aromatic N) is 2. The van der Waals surface area contributed by atoms with Gasteiger partial charge >= 0.3 is 0 Å². The molecule has 86 valence electrons. The summed E-state index contributed by atoms with van der Waals surface area (Å²) in [6, 6.07) is 8.92. The molecular weight excluding hydrogens is 216 g/mol. The highest BCUT2D eigenvalue weighted by atomic mass is 16.5. The lowest BCUT2D eigenvalue weighted by Crippen LogP contribution is -2.00. The fraction of sp³-hybridized carbons (Fsp3) is 0.154. The second-order valence-electron chi connectivity index (χ2n) is 3.55. The molecule has 2 aromatic heterocycles. The molecule has 0 saturated carbocycles. The third-order valence-corrected chi connectivity index (χ3v) is 2.32. The first-order valence-electron chi connectivity index (χ1n) is 5.19. The van der Waals surface area contributed by atoms with E-state index in [1.165, 1.54) is 6.92 Å². The Kier molecular flexibility index (Phi) is 3.14. The van der Waals surface area contributed by atoms with Crippen LogP contribution in [0.25, 0.3) is 11.4 Å². The van der Waals surface area contributed by atoms with Crippen LogP contribution in [0, 0.1) is 0 Å². The molecular formula is C13H12N2O2. The smallest absolute Gasteiger partial charge is 0.178 e. The molecule has 2 heterocycles. The van der Waals surface area contributed by atoms with Gasteiger partial charge in [0.15, 0.2) is 5.78 Å². The third kappa shape index (κ3) is 2.47. The van der Waals surface area contributed by atoms with Gasteiger partial charge in [0.05, 0.1) is 18.5 Å². The molecule has 0 aliphatic heterocycles. The van der Waals surface area contributed by atoms with E-state index in [1.54, 1.807) is 25.4 Å². The number of pyridine rings is 2. The van der Waals surface area contributed by atoms with Crippen molar-refractivity contribution in [3.63, 3.8) is 0 Å². The highest BCUT2D eigenvalue weighted by molar-refractivity contribution is 5.93. The standard InChI is InChI=1S/C13H12N2O2/c1-9(16)12-7-10(17-2)8-13(15-12)11-5-3-4-6-14-11/h3-8H,1-2H3. The van der Waals surface area contributed by atoms with E-state index in [-0.39, 0.29) is 5.78 Å². The second kappa shape index (κ2) is 4.74. The van der Waals surface area contributed by atoms with Gasteiger partial charge in [0.2, 0.25) is 0 Å². The Labute approximate surface area is 99.3 Å². The summed E-state index contributed by atoms with van der Waals surface area (Å²) in [5.41, 5.74) is 1.73. The summed E-state index contributed by atoms with van der Waals surface area (Å²) in [5.74, 6) is 0.506. The predicted molar refractivity (Wildman–Crippen MR) is 64.0 cm³/mol. The molecule has 0 saturated heterocycles. The Morgan fingerprint density at radius 2 is 2.06 bits per heavy atom. The van der Waals surface area contributed by atoms with E-state index in [1.807, 2.05) is 18.2 Å². The van der Waals surface area contributed by atoms with Crippen molar-refractivity contribution in [2.75, 3.05) is 7.11 Å². The SMILES string of the molecule is COc1cc(C(C)=O)nc(-c2ccccn2)c1. The van der Waals surface area contributed by atoms with Crippen LogP contribution >= 0.6 is 0 Å². The summed E-state index contributed by atoms with van der Waals surface area (Å²) in [5, 5.41) is 0. The Morgan fingerprint density at radius 1 is 1.24 bits per heavy atom. The minimum absolute atomic E-state index is 0.0962. The number of carbonyl (C=O) groups excluding carboxylic acids is 1. The molecule has 0 unspecified atom stereocenters. The molecule has 0 radical (unpaired) electrons. The first kappa shape index (κ1) is 11.3. The fourth-order valence-electron chi connectivity index (χ4n) is 1.45. The Morgan fingerprint density at radius 3 is 2.65 bits per heavy atom. The van der Waals surface area contributed by atoms with Gasteiger partial charge in [-0.05, 0) is 12.1 Å². The lowest BCUT2D eigenvalue weighted by Gasteiger charge is -2.05. The summed E-state index contributed by atoms with van der Waals surface area (Å²) in [4.78, 5) is 19.8. The van der Waals surface area contributed by atoms with Crippen LogP contribution < -0.4 is 4.74 Å². The molecule has 0 aromatic carbocycles. The van der Waals surface area contributed by atoms with Crippen LogP contribution in [-0.4, -0.2) is 22.9 Å². The number of aromatic nitrogens is 2. The summed E-state index contributed by atoms with van der Waals surface area (Å²) >= 11 is 0. The third-order valence-electron chi connectivity index (χ3n) is 2.32. The Balaban J connectivity index is 2.54. The highest BCUT2D eigenvalue weighted by Crippen LogP contribution is 2.21. The maximum absolute atomic E-state index is 11.4. The predicted octanol–water partition coefficient (Wildman–Crippen LogP) is 2.35. The summed E-state index contributed by atoms with van der Waals surface area (Å²) in [6.07, 6.45) is 1.68. The lowest BCUT2D eigenvalue weighted by atomic mass is 10.2. The summed E-state index contributed by atoms with van der Waals surface area (Å²) < 4.78 is 5.15. The number of methoxy groups -OCH3 is 1. The van der Waals surface area contributed by atoms with Crippen LogP contribution in [-0.2, 0) is 0 Å². The summed E-state index contributed by atoms with van der Waals surface area (Å²) in [7, 11) is 1.56. The van der Waals surface area contributed by atoms with Gasteiger partial charge in [-0.25, -0.2) is 4.98 Å². The van der Waals surface area contributed by atoms with Crippen molar-refractivity contribution in [2.45, 2.75) is 6.92 Å². The van der Waals surface area contributed by atoms with Crippen LogP contribution in [0.15, 0.2) is 36.5 Å². The largest absolute Gasteiger partial charge is 0.497 e. The average Bonchev–Trinajstić information content (AvgIpc) is 2.39. The van der Waals surface area contributed by atoms with Crippen LogP contribution in [0.3, 0.4) is 0 Å². The molecule has 0 aliphatic rings. The van der Waals surface area contributed by atoms with E-state index in [0.717, 1.165) is 0 Å². The lowest BCUT2D eigenvalue weighted by molar-refractivity contribution is 0.101. The van der Waals surface area contributed by atoms with Crippen LogP contribution in [0.5, 0.6) is 5.75 Å². The van der Waals surface area contributed by atoms with Crippen LogP contribution in [0.4, 0.5) is 0 Å². The minimum Gasteiger partial charge on any atom is -0.497 e. The van der Waals surface area contributed by atoms with Gasteiger partial charge in [0, 0.05) is 25.3 Å². The van der Waals surface area contributed by atoms with Crippen molar-refractivity contribution in [1.82, 2.24) is 9.97 Å². The molecule has 17 heavy (non-hydrogen) atoms. The van der Waals surface area contributed by atoms with E-state index < -0.39 is 0 Å². The second-order valence-corrected chi connectivity index (χ2v) is 3.55. The topological polar surface area (TPSA) is 52.1 Å². The van der Waals surface area contributed by atoms with Crippen molar-refractivity contribution in [2.24, 2.45) is 0 Å². The quantitative estimate of drug-likeness (QED) is 0.757. The zero-order valence-electron chi connectivity index (χ0n) is 9.68. The zero-order valence-corrected chi connectivity index (χ0v) is 9.68. The molecule has 4 nitrogen and oxygen atoms in total. The van der Waals surface area contributed by atoms with Crippen molar-refractivity contribution in [3.05, 3.63) is 42.2 Å². The first-order valence-corrected chi connectivity index (χ1v) is 5.19. The molecule has 0 fully saturated rings. The molecule has 0 bridgehead atoms. The molecule has 0 N–H and O–H groups in total. The van der Waals surface area contributed by atoms with E-state index in [9.17, 15) is 4.79 Å². The Bertz CT molecular complexity index is 538. The fourth-order valence-corrected chi connectivity index (χ4v) is 1.45. The Hall–Kier alpha value is -2.23. The summed E-state index contributed by atoms with van der Waals surface area (Å²) in [6.45, 7) is 1.48. The van der Waals surface area contributed by atoms with Gasteiger partial charge in [-0.2, -0.15) is 0 Å². The minimum atomic E-state index is -0.0962. The number of hydrogen-bond donors (Lipinski definition) is 0. The van der Waals surface area contributed by atoms with Crippen molar-refractivity contribution >= 4 is 5.78 Å². The maximum atomic E-state index is 11.4. The van der Waals surface area contributed by atoms with E-state index >= 15 is 0 Å². The number of rotatable bonds is 3. The molecule has 2 rings (SSSR count). The van der Waals surface area contributed by atoms with Gasteiger partial charge in [-0.15, -0.1) is 0 Å². The maximum Gasteiger partial charge on any atom is 0.178 e. The first-order chi connectivity index (χ1) is 8.20. The van der Waals surface area contributed by atoms with Gasteiger partial charge < -0.3 is 4.74 Å². The van der Waals surface area contributed by atoms with Crippen molar-refractivity contribution in [1.29, 1.82) is 0 Å². The molecule has 0 amide bonds. The van der Waals surface area contributed by atoms with Gasteiger partial charge in [-0.3, -0.25) is 9.78 Å². The number of hydrogen-bond acceptors (Lipinski definition) is 4. The normalized spacial score (nSPS) is 10.0. The monoisotopic (exact) mass is 228 g/mol. The number of ketones is 1. The molecule has 0 spiro atoms. The molecule has 0 aliphatic carbocycles. The van der Waals surface area contributed by atoms with E-state index in [2.05, 4.69) is 9.97 Å². The zero-order chi connectivity index (χ0) is 12.3. The van der Waals surface area contributed by atoms with E-state index in [4.69, 9.17) is 4.74 Å². The highest BCUT2D eigenvalue weighted by Gasteiger charge is 2.08. The van der Waals surface area contributed by atoms with Crippen LogP contribution in [0.1, 0.15) is 17.4 Å². The van der Waals surface area contributed by atoms with Gasteiger partial charge in [-0.1, -0.05) is 6.07 Å². The van der Waals surface area contributed by atoms with Crippen molar-refractivity contribution in [3.8, 4) is 17.1 Å². The molecule has 2 aromatic rings. The van der Waals surface area contributed by atoms with Crippen LogP contribution in [0.2, 0.25) is 0 Å². The molecule has 0 atom stereocenters. The number of carbonyl (C=O) groups is 1. The van der Waals surface area contributed by atoms with Gasteiger partial charge in [0.25, 0.3) is 0 Å². The number of ether oxygens (including phenoxy) is 1. The molecule has 4 heteroatoms. The average molecular weight is 228 g/mol. The number of Topliss-reactive ketones (excluding diaryl/α,β-unsaturated/α-hetero) is 1. The van der Waals surface area contributed by atoms with E-state index in [0.29, 0.717) is 22.8 Å². The van der Waals surface area contributed by atoms with Crippen molar-refractivity contribution < 1.29 is 9.53 Å². The van der Waals surface area contributed by atoms with Gasteiger partial charge in [0.1, 0.15) is 11.4 Å².